The molecule has 1 aromatic heterocycles. The van der Waals surface area contributed by atoms with Crippen molar-refractivity contribution in [2.24, 2.45) is 0 Å². The number of rotatable bonds is 5. The first kappa shape index (κ1) is 26.3. The Labute approximate surface area is 231 Å². The number of carbonyl (C=O) groups is 1. The Kier molecular flexibility index (Phi) is 8.05. The third-order valence-electron chi connectivity index (χ3n) is 7.04. The molecule has 1 N–H and O–H groups in total. The maximum absolute atomic E-state index is 12.6. The van der Waals surface area contributed by atoms with Gasteiger partial charge < -0.3 is 14.4 Å². The first-order valence-corrected chi connectivity index (χ1v) is 13.3. The lowest BCUT2D eigenvalue weighted by atomic mass is 10.1. The van der Waals surface area contributed by atoms with E-state index < -0.39 is 6.09 Å². The lowest BCUT2D eigenvalue weighted by molar-refractivity contribution is 0.0321. The molecule has 5 rings (SSSR count). The fourth-order valence-corrected chi connectivity index (χ4v) is 5.26. The van der Waals surface area contributed by atoms with E-state index in [2.05, 4.69) is 26.3 Å². The standard InChI is InChI=1S/C27H28Cl2N6O3/c1-18-26(17-31-35(18)22-3-4-23(28)24(29)15-22)38-27(36)32-20-2-5-25(19(14-20)16-30)34-10-8-33(9-11-34)21-6-12-37-13-7-21/h2-5,14-15,17,21H,6-13H2,1H3,(H,32,36). The minimum absolute atomic E-state index is 0.299. The summed E-state index contributed by atoms with van der Waals surface area (Å²) < 4.78 is 12.6. The number of nitrogens with zero attached hydrogens (tertiary/aromatic N) is 5. The summed E-state index contributed by atoms with van der Waals surface area (Å²) in [5.74, 6) is 0.299. The van der Waals surface area contributed by atoms with Gasteiger partial charge in [-0.2, -0.15) is 10.4 Å². The summed E-state index contributed by atoms with van der Waals surface area (Å²) in [5, 5.41) is 17.7. The molecule has 2 fully saturated rings. The van der Waals surface area contributed by atoms with E-state index in [4.69, 9.17) is 32.7 Å². The van der Waals surface area contributed by atoms with Gasteiger partial charge in [-0.3, -0.25) is 10.2 Å². The summed E-state index contributed by atoms with van der Waals surface area (Å²) in [5.41, 5.74) is 3.16. The van der Waals surface area contributed by atoms with Crippen LogP contribution in [0.25, 0.3) is 5.69 Å². The molecular weight excluding hydrogens is 527 g/mol. The van der Waals surface area contributed by atoms with Crippen molar-refractivity contribution in [1.82, 2.24) is 14.7 Å². The summed E-state index contributed by atoms with van der Waals surface area (Å²) >= 11 is 12.1. The molecule has 2 aromatic carbocycles. The first-order chi connectivity index (χ1) is 18.4. The number of ether oxygens (including phenoxy) is 2. The SMILES string of the molecule is Cc1c(OC(=O)Nc2ccc(N3CCN(C4CCOCC4)CC3)c(C#N)c2)cnn1-c1ccc(Cl)c(Cl)c1. The van der Waals surface area contributed by atoms with Crippen molar-refractivity contribution in [3.8, 4) is 17.5 Å². The molecular formula is C27H28Cl2N6O3. The minimum atomic E-state index is -0.677. The van der Waals surface area contributed by atoms with Crippen molar-refractivity contribution >= 4 is 40.7 Å². The highest BCUT2D eigenvalue weighted by Crippen LogP contribution is 2.29. The molecule has 3 heterocycles. The number of amides is 1. The molecule has 0 aliphatic carbocycles. The Bertz CT molecular complexity index is 1360. The van der Waals surface area contributed by atoms with Crippen molar-refractivity contribution in [3.05, 3.63) is 63.9 Å². The fraction of sp³-hybridized carbons (Fsp3) is 0.370. The van der Waals surface area contributed by atoms with Gasteiger partial charge in [-0.25, -0.2) is 9.48 Å². The van der Waals surface area contributed by atoms with Crippen LogP contribution in [-0.4, -0.2) is 66.2 Å². The molecule has 0 atom stereocenters. The summed E-state index contributed by atoms with van der Waals surface area (Å²) in [6, 6.07) is 13.3. The van der Waals surface area contributed by atoms with E-state index in [1.807, 2.05) is 6.07 Å². The third-order valence-corrected chi connectivity index (χ3v) is 7.78. The predicted molar refractivity (Wildman–Crippen MR) is 147 cm³/mol. The molecule has 3 aromatic rings. The van der Waals surface area contributed by atoms with Gasteiger partial charge in [0.25, 0.3) is 0 Å². The largest absolute Gasteiger partial charge is 0.417 e. The molecule has 0 saturated carbocycles. The second-order valence-electron chi connectivity index (χ2n) is 9.33. The summed E-state index contributed by atoms with van der Waals surface area (Å²) in [6.07, 6.45) is 2.94. The molecule has 2 saturated heterocycles. The summed E-state index contributed by atoms with van der Waals surface area (Å²) in [4.78, 5) is 17.4. The van der Waals surface area contributed by atoms with Crippen molar-refractivity contribution in [2.45, 2.75) is 25.8 Å². The topological polar surface area (TPSA) is 95.7 Å². The van der Waals surface area contributed by atoms with E-state index in [9.17, 15) is 10.1 Å². The van der Waals surface area contributed by atoms with Crippen LogP contribution in [-0.2, 0) is 4.74 Å². The zero-order chi connectivity index (χ0) is 26.6. The average molecular weight is 555 g/mol. The number of nitriles is 1. The smallest absolute Gasteiger partial charge is 0.406 e. The molecule has 11 heteroatoms. The number of carbonyl (C=O) groups excluding carboxylic acids is 1. The van der Waals surface area contributed by atoms with Gasteiger partial charge in [0.05, 0.1) is 38.9 Å². The zero-order valence-electron chi connectivity index (χ0n) is 21.0. The molecule has 38 heavy (non-hydrogen) atoms. The maximum atomic E-state index is 12.6. The first-order valence-electron chi connectivity index (χ1n) is 12.5. The Morgan fingerprint density at radius 3 is 2.58 bits per heavy atom. The van der Waals surface area contributed by atoms with Gasteiger partial charge in [-0.05, 0) is 56.2 Å². The Balaban J connectivity index is 1.21. The molecule has 198 valence electrons. The van der Waals surface area contributed by atoms with Crippen LogP contribution < -0.4 is 15.0 Å². The Hall–Kier alpha value is -3.29. The zero-order valence-corrected chi connectivity index (χ0v) is 22.5. The van der Waals surface area contributed by atoms with Gasteiger partial charge in [0.2, 0.25) is 0 Å². The van der Waals surface area contributed by atoms with E-state index in [0.717, 1.165) is 57.9 Å². The number of piperazine rings is 1. The summed E-state index contributed by atoms with van der Waals surface area (Å²) in [6.45, 7) is 7.06. The van der Waals surface area contributed by atoms with Gasteiger partial charge in [-0.15, -0.1) is 0 Å². The van der Waals surface area contributed by atoms with Crippen molar-refractivity contribution < 1.29 is 14.3 Å². The highest BCUT2D eigenvalue weighted by Gasteiger charge is 2.26. The Morgan fingerprint density at radius 1 is 1.11 bits per heavy atom. The summed E-state index contributed by atoms with van der Waals surface area (Å²) in [7, 11) is 0. The van der Waals surface area contributed by atoms with Gasteiger partial charge in [0.1, 0.15) is 6.07 Å². The average Bonchev–Trinajstić information content (AvgIpc) is 3.30. The molecule has 0 unspecified atom stereocenters. The predicted octanol–water partition coefficient (Wildman–Crippen LogP) is 5.27. The number of halogens is 2. The molecule has 0 spiro atoms. The molecule has 2 aliphatic heterocycles. The quantitative estimate of drug-likeness (QED) is 0.458. The molecule has 2 aliphatic rings. The van der Waals surface area contributed by atoms with Crippen molar-refractivity contribution in [1.29, 1.82) is 5.26 Å². The van der Waals surface area contributed by atoms with Gasteiger partial charge in [-0.1, -0.05) is 23.2 Å². The number of anilines is 2. The van der Waals surface area contributed by atoms with E-state index >= 15 is 0 Å². The van der Waals surface area contributed by atoms with E-state index in [1.165, 1.54) is 6.20 Å². The van der Waals surface area contributed by atoms with Gasteiger partial charge >= 0.3 is 6.09 Å². The fourth-order valence-electron chi connectivity index (χ4n) is 4.97. The molecule has 0 radical (unpaired) electrons. The third kappa shape index (κ3) is 5.74. The van der Waals surface area contributed by atoms with Crippen LogP contribution in [0.2, 0.25) is 10.0 Å². The number of nitrogens with one attached hydrogen (secondary N) is 1. The van der Waals surface area contributed by atoms with E-state index in [0.29, 0.717) is 44.5 Å². The number of hydrogen-bond acceptors (Lipinski definition) is 7. The lowest BCUT2D eigenvalue weighted by Gasteiger charge is -2.41. The monoisotopic (exact) mass is 554 g/mol. The number of benzene rings is 2. The maximum Gasteiger partial charge on any atom is 0.417 e. The van der Waals surface area contributed by atoms with Crippen molar-refractivity contribution in [3.63, 3.8) is 0 Å². The van der Waals surface area contributed by atoms with E-state index in [1.54, 1.807) is 41.9 Å². The Morgan fingerprint density at radius 2 is 1.87 bits per heavy atom. The van der Waals surface area contributed by atoms with Crippen LogP contribution in [0.5, 0.6) is 5.75 Å². The van der Waals surface area contributed by atoms with Crippen LogP contribution in [0, 0.1) is 18.3 Å². The van der Waals surface area contributed by atoms with E-state index in [-0.39, 0.29) is 0 Å². The molecule has 1 amide bonds. The van der Waals surface area contributed by atoms with Crippen LogP contribution in [0.1, 0.15) is 24.1 Å². The second kappa shape index (κ2) is 11.6. The number of hydrogen-bond donors (Lipinski definition) is 1. The normalized spacial score (nSPS) is 16.7. The highest BCUT2D eigenvalue weighted by atomic mass is 35.5. The number of aromatic nitrogens is 2. The van der Waals surface area contributed by atoms with Crippen molar-refractivity contribution in [2.75, 3.05) is 49.6 Å². The molecule has 0 bridgehead atoms. The van der Waals surface area contributed by atoms with Crippen LogP contribution in [0.3, 0.4) is 0 Å². The second-order valence-corrected chi connectivity index (χ2v) is 10.1. The minimum Gasteiger partial charge on any atom is -0.406 e. The van der Waals surface area contributed by atoms with Gasteiger partial charge in [0, 0.05) is 51.1 Å². The lowest BCUT2D eigenvalue weighted by Crippen LogP contribution is -2.51. The van der Waals surface area contributed by atoms with Crippen LogP contribution >= 0.6 is 23.2 Å². The van der Waals surface area contributed by atoms with Crippen LogP contribution in [0.4, 0.5) is 16.2 Å². The highest BCUT2D eigenvalue weighted by molar-refractivity contribution is 6.42. The van der Waals surface area contributed by atoms with Crippen LogP contribution in [0.15, 0.2) is 42.6 Å². The molecule has 9 nitrogen and oxygen atoms in total. The van der Waals surface area contributed by atoms with Gasteiger partial charge in [0.15, 0.2) is 5.75 Å².